The Morgan fingerprint density at radius 3 is 2.88 bits per heavy atom. The van der Waals surface area contributed by atoms with Crippen LogP contribution in [0.4, 0.5) is 0 Å². The molecule has 0 atom stereocenters. The van der Waals surface area contributed by atoms with Crippen LogP contribution in [-0.2, 0) is 11.2 Å². The number of benzene rings is 1. The topological polar surface area (TPSA) is 113 Å². The quantitative estimate of drug-likeness (QED) is 0.609. The number of hydrogen-bond acceptors (Lipinski definition) is 6. The molecule has 2 N–H and O–H groups in total. The van der Waals surface area contributed by atoms with Gasteiger partial charge in [0, 0.05) is 10.9 Å². The van der Waals surface area contributed by atoms with E-state index in [1.54, 1.807) is 18.7 Å². The third-order valence-electron chi connectivity index (χ3n) is 3.50. The first-order valence-corrected chi connectivity index (χ1v) is 7.20. The number of nitrogens with two attached hydrogens (primary N) is 1. The van der Waals surface area contributed by atoms with Gasteiger partial charge in [0.05, 0.1) is 30.6 Å². The van der Waals surface area contributed by atoms with Gasteiger partial charge in [-0.05, 0) is 24.3 Å². The molecule has 0 radical (unpaired) electrons. The van der Waals surface area contributed by atoms with Crippen molar-refractivity contribution in [1.29, 1.82) is 0 Å². The van der Waals surface area contributed by atoms with E-state index in [1.807, 2.05) is 30.3 Å². The number of furan rings is 1. The largest absolute Gasteiger partial charge is 0.464 e. The van der Waals surface area contributed by atoms with Gasteiger partial charge in [-0.3, -0.25) is 4.79 Å². The fourth-order valence-corrected chi connectivity index (χ4v) is 2.49. The van der Waals surface area contributed by atoms with Crippen LogP contribution in [0.2, 0.25) is 0 Å². The maximum Gasteiger partial charge on any atom is 0.225 e. The SMILES string of the molecule is NC(=O)Cc1nc(-n2ccnn2)c2ccc(-c3ccco3)cc2n1. The van der Waals surface area contributed by atoms with Crippen LogP contribution in [0.15, 0.2) is 53.4 Å². The molecular weight excluding hydrogens is 308 g/mol. The monoisotopic (exact) mass is 320 g/mol. The number of rotatable bonds is 4. The van der Waals surface area contributed by atoms with Crippen molar-refractivity contribution in [2.24, 2.45) is 5.73 Å². The molecule has 4 rings (SSSR count). The summed E-state index contributed by atoms with van der Waals surface area (Å²) in [5.41, 5.74) is 6.82. The summed E-state index contributed by atoms with van der Waals surface area (Å²) in [6, 6.07) is 9.36. The van der Waals surface area contributed by atoms with Crippen LogP contribution < -0.4 is 5.73 Å². The van der Waals surface area contributed by atoms with Gasteiger partial charge in [-0.15, -0.1) is 5.10 Å². The highest BCUT2D eigenvalue weighted by molar-refractivity contribution is 5.89. The maximum atomic E-state index is 11.2. The van der Waals surface area contributed by atoms with E-state index in [-0.39, 0.29) is 6.42 Å². The van der Waals surface area contributed by atoms with E-state index in [0.29, 0.717) is 17.2 Å². The van der Waals surface area contributed by atoms with Crippen molar-refractivity contribution in [3.63, 3.8) is 0 Å². The maximum absolute atomic E-state index is 11.2. The van der Waals surface area contributed by atoms with Crippen LogP contribution in [0.3, 0.4) is 0 Å². The molecular formula is C16H12N6O2. The van der Waals surface area contributed by atoms with Crippen molar-refractivity contribution in [2.45, 2.75) is 6.42 Å². The number of aromatic nitrogens is 5. The molecule has 0 saturated heterocycles. The third-order valence-corrected chi connectivity index (χ3v) is 3.50. The zero-order chi connectivity index (χ0) is 16.5. The molecule has 8 nitrogen and oxygen atoms in total. The zero-order valence-corrected chi connectivity index (χ0v) is 12.5. The van der Waals surface area contributed by atoms with Gasteiger partial charge in [0.25, 0.3) is 0 Å². The number of hydrogen-bond donors (Lipinski definition) is 1. The van der Waals surface area contributed by atoms with Crippen LogP contribution in [0.1, 0.15) is 5.82 Å². The number of amides is 1. The molecule has 0 aliphatic carbocycles. The van der Waals surface area contributed by atoms with Crippen LogP contribution >= 0.6 is 0 Å². The van der Waals surface area contributed by atoms with E-state index in [0.717, 1.165) is 16.7 Å². The van der Waals surface area contributed by atoms with Crippen LogP contribution in [-0.4, -0.2) is 30.9 Å². The Morgan fingerprint density at radius 1 is 1.25 bits per heavy atom. The number of fused-ring (bicyclic) bond motifs is 1. The summed E-state index contributed by atoms with van der Waals surface area (Å²) in [6.45, 7) is 0. The Hall–Kier alpha value is -3.55. The highest BCUT2D eigenvalue weighted by Crippen LogP contribution is 2.26. The van der Waals surface area contributed by atoms with Crippen LogP contribution in [0.5, 0.6) is 0 Å². The Balaban J connectivity index is 1.94. The molecule has 0 bridgehead atoms. The molecule has 0 unspecified atom stereocenters. The fourth-order valence-electron chi connectivity index (χ4n) is 2.49. The smallest absolute Gasteiger partial charge is 0.225 e. The molecule has 0 fully saturated rings. The first kappa shape index (κ1) is 14.1. The molecule has 118 valence electrons. The molecule has 1 amide bonds. The van der Waals surface area contributed by atoms with Crippen molar-refractivity contribution in [1.82, 2.24) is 25.0 Å². The lowest BCUT2D eigenvalue weighted by Gasteiger charge is -2.08. The number of primary amides is 1. The first-order valence-electron chi connectivity index (χ1n) is 7.20. The van der Waals surface area contributed by atoms with E-state index in [9.17, 15) is 4.79 Å². The Morgan fingerprint density at radius 2 is 2.17 bits per heavy atom. The number of carbonyl (C=O) groups is 1. The lowest BCUT2D eigenvalue weighted by molar-refractivity contribution is -0.117. The highest BCUT2D eigenvalue weighted by Gasteiger charge is 2.13. The number of nitrogens with zero attached hydrogens (tertiary/aromatic N) is 5. The molecule has 8 heteroatoms. The molecule has 3 heterocycles. The summed E-state index contributed by atoms with van der Waals surface area (Å²) in [5, 5.41) is 8.55. The molecule has 4 aromatic rings. The van der Waals surface area contributed by atoms with E-state index in [4.69, 9.17) is 10.2 Å². The molecule has 24 heavy (non-hydrogen) atoms. The average Bonchev–Trinajstić information content (AvgIpc) is 3.26. The van der Waals surface area contributed by atoms with Gasteiger partial charge in [-0.2, -0.15) is 0 Å². The third kappa shape index (κ3) is 2.50. The standard InChI is InChI=1S/C16H12N6O2/c17-14(23)9-15-19-12-8-10(13-2-1-7-24-13)3-4-11(12)16(20-15)22-6-5-18-21-22/h1-8H,9H2,(H2,17,23). The van der Waals surface area contributed by atoms with Crippen molar-refractivity contribution < 1.29 is 9.21 Å². The van der Waals surface area contributed by atoms with Crippen LogP contribution in [0, 0.1) is 0 Å². The predicted molar refractivity (Wildman–Crippen MR) is 85.1 cm³/mol. The number of carbonyl (C=O) groups excluding carboxylic acids is 1. The second-order valence-electron chi connectivity index (χ2n) is 5.16. The molecule has 0 spiro atoms. The van der Waals surface area contributed by atoms with E-state index < -0.39 is 5.91 Å². The Kier molecular flexibility index (Phi) is 3.27. The molecule has 1 aromatic carbocycles. The zero-order valence-electron chi connectivity index (χ0n) is 12.5. The lowest BCUT2D eigenvalue weighted by atomic mass is 10.1. The average molecular weight is 320 g/mol. The normalized spacial score (nSPS) is 11.0. The van der Waals surface area contributed by atoms with Gasteiger partial charge in [0.15, 0.2) is 5.82 Å². The van der Waals surface area contributed by atoms with E-state index in [1.165, 1.54) is 4.68 Å². The minimum atomic E-state index is -0.499. The van der Waals surface area contributed by atoms with Crippen LogP contribution in [0.25, 0.3) is 28.0 Å². The summed E-state index contributed by atoms with van der Waals surface area (Å²) in [6.07, 6.45) is 4.79. The second kappa shape index (κ2) is 5.58. The van der Waals surface area contributed by atoms with Gasteiger partial charge >= 0.3 is 0 Å². The summed E-state index contributed by atoms with van der Waals surface area (Å²) < 4.78 is 6.95. The van der Waals surface area contributed by atoms with Crippen molar-refractivity contribution in [3.8, 4) is 17.1 Å². The van der Waals surface area contributed by atoms with Crippen molar-refractivity contribution >= 4 is 16.8 Å². The molecule has 0 aliphatic heterocycles. The van der Waals surface area contributed by atoms with Gasteiger partial charge in [0.1, 0.15) is 11.6 Å². The van der Waals surface area contributed by atoms with Gasteiger partial charge < -0.3 is 10.2 Å². The Labute approximate surface area is 135 Å². The fraction of sp³-hybridized carbons (Fsp3) is 0.0625. The minimum Gasteiger partial charge on any atom is -0.464 e. The Bertz CT molecular complexity index is 1010. The van der Waals surface area contributed by atoms with Crippen molar-refractivity contribution in [3.05, 3.63) is 54.8 Å². The highest BCUT2D eigenvalue weighted by atomic mass is 16.3. The van der Waals surface area contributed by atoms with Gasteiger partial charge in [0.2, 0.25) is 5.91 Å². The minimum absolute atomic E-state index is 0.0530. The molecule has 0 aliphatic rings. The van der Waals surface area contributed by atoms with Gasteiger partial charge in [-0.25, -0.2) is 14.6 Å². The summed E-state index contributed by atoms with van der Waals surface area (Å²) in [7, 11) is 0. The van der Waals surface area contributed by atoms with Gasteiger partial charge in [-0.1, -0.05) is 11.3 Å². The summed E-state index contributed by atoms with van der Waals surface area (Å²) in [4.78, 5) is 20.1. The van der Waals surface area contributed by atoms with E-state index in [2.05, 4.69) is 20.3 Å². The molecule has 3 aromatic heterocycles. The summed E-state index contributed by atoms with van der Waals surface area (Å²) in [5.74, 6) is 1.10. The molecule has 0 saturated carbocycles. The van der Waals surface area contributed by atoms with Crippen molar-refractivity contribution in [2.75, 3.05) is 0 Å². The lowest BCUT2D eigenvalue weighted by Crippen LogP contribution is -2.16. The second-order valence-corrected chi connectivity index (χ2v) is 5.16. The summed E-state index contributed by atoms with van der Waals surface area (Å²) >= 11 is 0. The predicted octanol–water partition coefficient (Wildman–Crippen LogP) is 1.50. The first-order chi connectivity index (χ1) is 11.7. The van der Waals surface area contributed by atoms with E-state index >= 15 is 0 Å².